The lowest BCUT2D eigenvalue weighted by Gasteiger charge is -2.15. The zero-order valence-corrected chi connectivity index (χ0v) is 14.1. The van der Waals surface area contributed by atoms with Crippen molar-refractivity contribution in [3.05, 3.63) is 28.9 Å². The molecule has 1 N–H and O–H groups in total. The second-order valence-corrected chi connectivity index (χ2v) is 7.73. The fraction of sp³-hybridized carbons (Fsp3) is 0.462. The van der Waals surface area contributed by atoms with Gasteiger partial charge < -0.3 is 4.74 Å². The molecule has 2 heterocycles. The van der Waals surface area contributed by atoms with Crippen LogP contribution in [-0.4, -0.2) is 31.3 Å². The van der Waals surface area contributed by atoms with Crippen LogP contribution in [0, 0.1) is 13.8 Å². The Hall–Kier alpha value is -1.38. The summed E-state index contributed by atoms with van der Waals surface area (Å²) in [7, 11) is -2.12. The van der Waals surface area contributed by atoms with Gasteiger partial charge in [0, 0.05) is 11.7 Å². The van der Waals surface area contributed by atoms with Crippen LogP contribution in [-0.2, 0) is 16.6 Å². The van der Waals surface area contributed by atoms with Crippen molar-refractivity contribution in [1.29, 1.82) is 0 Å². The number of hydrogen-bond acceptors (Lipinski definition) is 5. The second kappa shape index (κ2) is 6.17. The molecule has 0 aromatic carbocycles. The molecule has 0 spiro atoms. The van der Waals surface area contributed by atoms with Crippen LogP contribution in [0.4, 0.5) is 0 Å². The molecule has 1 atom stereocenters. The number of ether oxygens (including phenoxy) is 1. The van der Waals surface area contributed by atoms with Crippen molar-refractivity contribution in [2.24, 2.45) is 0 Å². The third-order valence-electron chi connectivity index (χ3n) is 2.97. The summed E-state index contributed by atoms with van der Waals surface area (Å²) >= 11 is 1.14. The molecule has 1 unspecified atom stereocenters. The fourth-order valence-corrected chi connectivity index (χ4v) is 4.63. The number of hydrogen-bond donors (Lipinski definition) is 1. The van der Waals surface area contributed by atoms with E-state index in [9.17, 15) is 8.42 Å². The molecule has 8 heteroatoms. The van der Waals surface area contributed by atoms with Gasteiger partial charge in [-0.25, -0.2) is 13.1 Å². The summed E-state index contributed by atoms with van der Waals surface area (Å²) in [5.74, 6) is 0.366. The van der Waals surface area contributed by atoms with E-state index in [1.54, 1.807) is 16.1 Å². The zero-order chi connectivity index (χ0) is 15.6. The zero-order valence-electron chi connectivity index (χ0n) is 12.5. The topological polar surface area (TPSA) is 73.2 Å². The predicted octanol–water partition coefficient (Wildman–Crippen LogP) is 1.94. The second-order valence-electron chi connectivity index (χ2n) is 4.91. The van der Waals surface area contributed by atoms with Gasteiger partial charge in [0.1, 0.15) is 5.75 Å². The lowest BCUT2D eigenvalue weighted by Crippen LogP contribution is -2.35. The summed E-state index contributed by atoms with van der Waals surface area (Å²) < 4.78 is 34.4. The summed E-state index contributed by atoms with van der Waals surface area (Å²) in [5, 5.41) is 6.03. The Labute approximate surface area is 128 Å². The number of methoxy groups -OCH3 is 1. The van der Waals surface area contributed by atoms with E-state index in [0.717, 1.165) is 22.7 Å². The molecule has 2 aromatic rings. The van der Waals surface area contributed by atoms with Crippen molar-refractivity contribution >= 4 is 21.4 Å². The number of aromatic nitrogens is 2. The molecule has 0 aliphatic heterocycles. The van der Waals surface area contributed by atoms with Crippen LogP contribution < -0.4 is 9.46 Å². The van der Waals surface area contributed by atoms with Gasteiger partial charge in [-0.3, -0.25) is 4.68 Å². The van der Waals surface area contributed by atoms with Crippen LogP contribution in [0.1, 0.15) is 18.3 Å². The van der Waals surface area contributed by atoms with E-state index in [1.165, 1.54) is 7.11 Å². The predicted molar refractivity (Wildman–Crippen MR) is 82.4 cm³/mol. The van der Waals surface area contributed by atoms with Crippen molar-refractivity contribution in [3.8, 4) is 5.75 Å². The number of nitrogens with one attached hydrogen (secondary N) is 1. The fourth-order valence-electron chi connectivity index (χ4n) is 2.11. The smallest absolute Gasteiger partial charge is 0.254 e. The summed E-state index contributed by atoms with van der Waals surface area (Å²) in [6.07, 6.45) is 0. The Balaban J connectivity index is 2.11. The Kier molecular flexibility index (Phi) is 4.70. The molecule has 0 amide bonds. The van der Waals surface area contributed by atoms with Gasteiger partial charge in [-0.2, -0.15) is 5.10 Å². The monoisotopic (exact) mass is 329 g/mol. The first-order chi connectivity index (χ1) is 9.83. The Bertz CT molecular complexity index is 719. The molecular weight excluding hydrogens is 310 g/mol. The molecular formula is C13H19N3O3S2. The molecule has 0 bridgehead atoms. The maximum atomic E-state index is 12.4. The van der Waals surface area contributed by atoms with Gasteiger partial charge in [-0.1, -0.05) is 0 Å². The van der Waals surface area contributed by atoms with Gasteiger partial charge in [0.15, 0.2) is 4.21 Å². The van der Waals surface area contributed by atoms with Crippen molar-refractivity contribution in [1.82, 2.24) is 14.5 Å². The highest BCUT2D eigenvalue weighted by Crippen LogP contribution is 2.29. The summed E-state index contributed by atoms with van der Waals surface area (Å²) in [6.45, 7) is 6.15. The Morgan fingerprint density at radius 2 is 2.19 bits per heavy atom. The first kappa shape index (κ1) is 16.0. The maximum absolute atomic E-state index is 12.4. The van der Waals surface area contributed by atoms with E-state index in [4.69, 9.17) is 4.74 Å². The number of aryl methyl sites for hydroxylation is 2. The number of nitrogens with zero attached hydrogens (tertiary/aromatic N) is 2. The number of sulfonamides is 1. The normalized spacial score (nSPS) is 13.3. The van der Waals surface area contributed by atoms with Crippen molar-refractivity contribution < 1.29 is 13.2 Å². The molecule has 0 fully saturated rings. The Morgan fingerprint density at radius 3 is 2.76 bits per heavy atom. The van der Waals surface area contributed by atoms with Gasteiger partial charge in [0.05, 0.1) is 19.3 Å². The first-order valence-corrected chi connectivity index (χ1v) is 8.84. The lowest BCUT2D eigenvalue weighted by atomic mass is 10.3. The summed E-state index contributed by atoms with van der Waals surface area (Å²) in [4.78, 5) is 0. The molecule has 0 aliphatic rings. The third-order valence-corrected chi connectivity index (χ3v) is 6.00. The highest BCUT2D eigenvalue weighted by atomic mass is 32.2. The van der Waals surface area contributed by atoms with Crippen molar-refractivity contribution in [3.63, 3.8) is 0 Å². The van der Waals surface area contributed by atoms with Crippen LogP contribution in [0.25, 0.3) is 0 Å². The van der Waals surface area contributed by atoms with Crippen molar-refractivity contribution in [2.75, 3.05) is 7.11 Å². The van der Waals surface area contributed by atoms with Gasteiger partial charge in [-0.15, -0.1) is 11.3 Å². The minimum Gasteiger partial charge on any atom is -0.494 e. The van der Waals surface area contributed by atoms with Gasteiger partial charge >= 0.3 is 0 Å². The standard InChI is InChI=1S/C13H19N3O3S2/c1-9-7-11(3)16(14-9)8-10(2)15-21(17,18)13-12(19-4)5-6-20-13/h5-7,10,15H,8H2,1-4H3. The molecule has 0 saturated carbocycles. The van der Waals surface area contributed by atoms with Gasteiger partial charge in [0.25, 0.3) is 10.0 Å². The van der Waals surface area contributed by atoms with Gasteiger partial charge in [0.2, 0.25) is 0 Å². The molecule has 21 heavy (non-hydrogen) atoms. The van der Waals surface area contributed by atoms with Crippen LogP contribution >= 0.6 is 11.3 Å². The quantitative estimate of drug-likeness (QED) is 0.879. The van der Waals surface area contributed by atoms with E-state index in [1.807, 2.05) is 26.8 Å². The van der Waals surface area contributed by atoms with E-state index in [2.05, 4.69) is 9.82 Å². The van der Waals surface area contributed by atoms with Crippen LogP contribution in [0.15, 0.2) is 21.7 Å². The van der Waals surface area contributed by atoms with Crippen LogP contribution in [0.2, 0.25) is 0 Å². The molecule has 6 nitrogen and oxygen atoms in total. The van der Waals surface area contributed by atoms with Crippen molar-refractivity contribution in [2.45, 2.75) is 37.6 Å². The first-order valence-electron chi connectivity index (χ1n) is 6.48. The lowest BCUT2D eigenvalue weighted by molar-refractivity contribution is 0.405. The van der Waals surface area contributed by atoms with E-state index in [-0.39, 0.29) is 10.3 Å². The summed E-state index contributed by atoms with van der Waals surface area (Å²) in [5.41, 5.74) is 1.93. The van der Waals surface area contributed by atoms with Gasteiger partial charge in [-0.05, 0) is 38.3 Å². The molecule has 0 radical (unpaired) electrons. The SMILES string of the molecule is COc1ccsc1S(=O)(=O)NC(C)Cn1nc(C)cc1C. The third kappa shape index (κ3) is 3.63. The average molecular weight is 329 g/mol. The van der Waals surface area contributed by atoms with E-state index in [0.29, 0.717) is 12.3 Å². The Morgan fingerprint density at radius 1 is 1.48 bits per heavy atom. The summed E-state index contributed by atoms with van der Waals surface area (Å²) in [6, 6.07) is 3.33. The highest BCUT2D eigenvalue weighted by molar-refractivity contribution is 7.91. The molecule has 2 rings (SSSR count). The van der Waals surface area contributed by atoms with Crippen LogP contribution in [0.3, 0.4) is 0 Å². The molecule has 116 valence electrons. The van der Waals surface area contributed by atoms with E-state index < -0.39 is 10.0 Å². The van der Waals surface area contributed by atoms with E-state index >= 15 is 0 Å². The average Bonchev–Trinajstić information content (AvgIpc) is 2.96. The minimum atomic E-state index is -3.58. The minimum absolute atomic E-state index is 0.199. The van der Waals surface area contributed by atoms with Crippen LogP contribution in [0.5, 0.6) is 5.75 Å². The molecule has 0 saturated heterocycles. The maximum Gasteiger partial charge on any atom is 0.254 e. The molecule has 0 aliphatic carbocycles. The highest BCUT2D eigenvalue weighted by Gasteiger charge is 2.23. The largest absolute Gasteiger partial charge is 0.494 e. The number of thiophene rings is 1. The number of rotatable bonds is 6. The molecule has 2 aromatic heterocycles.